The number of aromatic nitrogens is 4. The summed E-state index contributed by atoms with van der Waals surface area (Å²) in [6.07, 6.45) is 1.77. The molecule has 1 unspecified atom stereocenters. The van der Waals surface area contributed by atoms with Gasteiger partial charge in [0, 0.05) is 18.1 Å². The second-order valence-corrected chi connectivity index (χ2v) is 9.17. The molecule has 2 aliphatic rings. The number of hydrogen-bond donors (Lipinski definition) is 3. The zero-order valence-corrected chi connectivity index (χ0v) is 17.6. The van der Waals surface area contributed by atoms with Crippen molar-refractivity contribution < 1.29 is 24.2 Å². The second-order valence-electron chi connectivity index (χ2n) is 5.90. The molecular weight excluding hydrogens is 428 g/mol. The Morgan fingerprint density at radius 2 is 2.32 bits per heavy atom. The lowest BCUT2D eigenvalue weighted by molar-refractivity contribution is -0.192. The third-order valence-corrected chi connectivity index (χ3v) is 7.21. The van der Waals surface area contributed by atoms with Crippen LogP contribution in [0.3, 0.4) is 0 Å². The van der Waals surface area contributed by atoms with E-state index in [0.717, 1.165) is 0 Å². The van der Waals surface area contributed by atoms with Crippen LogP contribution < -0.4 is 5.32 Å². The van der Waals surface area contributed by atoms with Gasteiger partial charge in [0.25, 0.3) is 11.6 Å². The largest absolute Gasteiger partial charge is 0.477 e. The van der Waals surface area contributed by atoms with Gasteiger partial charge < -0.3 is 15.2 Å². The highest BCUT2D eigenvalue weighted by Crippen LogP contribution is 2.48. The molecule has 0 spiro atoms. The predicted octanol–water partition coefficient (Wildman–Crippen LogP) is -0.244. The minimum atomic E-state index is -1.56. The van der Waals surface area contributed by atoms with Gasteiger partial charge in [0.2, 0.25) is 11.1 Å². The highest BCUT2D eigenvalue weighted by molar-refractivity contribution is 8.01. The lowest BCUT2D eigenvalue weighted by Crippen LogP contribution is -2.80. The Morgan fingerprint density at radius 1 is 1.57 bits per heavy atom. The Kier molecular flexibility index (Phi) is 6.21. The van der Waals surface area contributed by atoms with Gasteiger partial charge in [-0.05, 0) is 29.2 Å². The number of rotatable bonds is 8. The van der Waals surface area contributed by atoms with E-state index < -0.39 is 23.0 Å². The molecule has 14 heteroatoms. The van der Waals surface area contributed by atoms with Crippen molar-refractivity contribution in [3.63, 3.8) is 0 Å². The first-order valence-corrected chi connectivity index (χ1v) is 11.3. The van der Waals surface area contributed by atoms with E-state index in [1.807, 2.05) is 6.92 Å². The molecule has 0 aliphatic carbocycles. The van der Waals surface area contributed by atoms with E-state index in [4.69, 9.17) is 4.74 Å². The second kappa shape index (κ2) is 8.31. The van der Waals surface area contributed by atoms with Gasteiger partial charge in [-0.3, -0.25) is 14.5 Å². The normalized spacial score (nSPS) is 25.2. The van der Waals surface area contributed by atoms with Gasteiger partial charge in [0.15, 0.2) is 0 Å². The van der Waals surface area contributed by atoms with Gasteiger partial charge in [-0.25, -0.2) is 9.89 Å². The van der Waals surface area contributed by atoms with Crippen molar-refractivity contribution in [3.05, 3.63) is 11.3 Å². The van der Waals surface area contributed by atoms with E-state index in [2.05, 4.69) is 25.9 Å². The van der Waals surface area contributed by atoms with Crippen molar-refractivity contribution in [2.75, 3.05) is 24.9 Å². The van der Waals surface area contributed by atoms with E-state index in [1.165, 1.54) is 47.3 Å². The van der Waals surface area contributed by atoms with E-state index in [0.29, 0.717) is 16.5 Å². The zero-order valence-electron chi connectivity index (χ0n) is 15.2. The molecule has 3 rings (SSSR count). The number of nitrogens with one attached hydrogen (secondary N) is 2. The number of fused-ring (bicyclic) bond motifs is 1. The lowest BCUT2D eigenvalue weighted by atomic mass is 9.97. The van der Waals surface area contributed by atoms with Crippen LogP contribution in [0.2, 0.25) is 0 Å². The van der Waals surface area contributed by atoms with Crippen LogP contribution in [-0.2, 0) is 19.1 Å². The standard InChI is InChI=1S/C14H18N6O5S3/c1-6(28-13-16-18-19-17-13)7-4-27-12-14(25-2,15-8(21)5-26-3)11(24)20(12)9(7)10(22)23/h6,12H,4-5H2,1-3H3,(H,15,21)(H,22,23)(H,16,17,18,19)/t6?,12-,14-/m0/s1. The molecule has 1 fully saturated rings. The monoisotopic (exact) mass is 446 g/mol. The molecule has 2 amide bonds. The Hall–Kier alpha value is -1.77. The molecule has 3 atom stereocenters. The van der Waals surface area contributed by atoms with Crippen LogP contribution in [0.15, 0.2) is 16.4 Å². The smallest absolute Gasteiger partial charge is 0.352 e. The van der Waals surface area contributed by atoms with Crippen LogP contribution >= 0.6 is 35.3 Å². The number of aliphatic carboxylic acids is 1. The molecule has 0 saturated carbocycles. The Bertz CT molecular complexity index is 818. The number of ether oxygens (including phenoxy) is 1. The number of carbonyl (C=O) groups excluding carboxylic acids is 2. The minimum Gasteiger partial charge on any atom is -0.477 e. The summed E-state index contributed by atoms with van der Waals surface area (Å²) in [5.74, 6) is -1.64. The summed E-state index contributed by atoms with van der Waals surface area (Å²) >= 11 is 3.92. The topological polar surface area (TPSA) is 150 Å². The molecule has 0 aromatic carbocycles. The van der Waals surface area contributed by atoms with E-state index in [9.17, 15) is 19.5 Å². The van der Waals surface area contributed by atoms with Crippen molar-refractivity contribution in [1.29, 1.82) is 0 Å². The molecule has 1 saturated heterocycles. The number of thioether (sulfide) groups is 3. The Labute approximate surface area is 172 Å². The fourth-order valence-corrected chi connectivity index (χ4v) is 5.88. The van der Waals surface area contributed by atoms with Crippen LogP contribution in [0.1, 0.15) is 6.92 Å². The quantitative estimate of drug-likeness (QED) is 0.276. The van der Waals surface area contributed by atoms with E-state index in [1.54, 1.807) is 6.26 Å². The molecule has 0 bridgehead atoms. The van der Waals surface area contributed by atoms with Crippen LogP contribution in [0.25, 0.3) is 0 Å². The predicted molar refractivity (Wildman–Crippen MR) is 104 cm³/mol. The molecule has 28 heavy (non-hydrogen) atoms. The van der Waals surface area contributed by atoms with Crippen LogP contribution in [0, 0.1) is 0 Å². The third-order valence-electron chi connectivity index (χ3n) is 4.29. The Morgan fingerprint density at radius 3 is 2.89 bits per heavy atom. The summed E-state index contributed by atoms with van der Waals surface area (Å²) in [4.78, 5) is 38.1. The molecule has 2 aliphatic heterocycles. The first-order valence-electron chi connectivity index (χ1n) is 8.02. The summed E-state index contributed by atoms with van der Waals surface area (Å²) in [7, 11) is 1.32. The van der Waals surface area contributed by atoms with Crippen molar-refractivity contribution in [3.8, 4) is 0 Å². The molecule has 3 heterocycles. The summed E-state index contributed by atoms with van der Waals surface area (Å²) in [6.45, 7) is 1.82. The van der Waals surface area contributed by atoms with Gasteiger partial charge in [0.05, 0.1) is 5.75 Å². The summed E-state index contributed by atoms with van der Waals surface area (Å²) in [6, 6.07) is 0. The van der Waals surface area contributed by atoms with Crippen molar-refractivity contribution in [1.82, 2.24) is 30.8 Å². The van der Waals surface area contributed by atoms with Crippen molar-refractivity contribution >= 4 is 53.1 Å². The number of H-pyrrole nitrogens is 1. The first-order chi connectivity index (χ1) is 13.4. The summed E-state index contributed by atoms with van der Waals surface area (Å²) < 4.78 is 5.38. The highest BCUT2D eigenvalue weighted by Gasteiger charge is 2.66. The van der Waals surface area contributed by atoms with Crippen molar-refractivity contribution in [2.45, 2.75) is 28.4 Å². The van der Waals surface area contributed by atoms with Gasteiger partial charge in [-0.15, -0.1) is 16.9 Å². The van der Waals surface area contributed by atoms with E-state index >= 15 is 0 Å². The molecule has 3 N–H and O–H groups in total. The average molecular weight is 447 g/mol. The number of amides is 2. The van der Waals surface area contributed by atoms with Crippen LogP contribution in [-0.4, -0.2) is 89.6 Å². The van der Waals surface area contributed by atoms with Gasteiger partial charge in [-0.1, -0.05) is 11.8 Å². The molecule has 11 nitrogen and oxygen atoms in total. The third kappa shape index (κ3) is 3.49. The number of nitrogens with zero attached hydrogens (tertiary/aromatic N) is 4. The Balaban J connectivity index is 1.88. The number of tetrazole rings is 1. The molecule has 0 radical (unpaired) electrons. The fourth-order valence-electron chi connectivity index (χ4n) is 3.03. The molecule has 1 aromatic rings. The maximum absolute atomic E-state index is 12.9. The maximum Gasteiger partial charge on any atom is 0.352 e. The summed E-state index contributed by atoms with van der Waals surface area (Å²) in [5, 5.41) is 25.3. The van der Waals surface area contributed by atoms with E-state index in [-0.39, 0.29) is 22.6 Å². The number of aromatic amines is 1. The molecule has 152 valence electrons. The zero-order chi connectivity index (χ0) is 20.5. The average Bonchev–Trinajstić information content (AvgIpc) is 3.17. The maximum atomic E-state index is 12.9. The molecular formula is C14H18N6O5S3. The van der Waals surface area contributed by atoms with Gasteiger partial charge >= 0.3 is 5.97 Å². The lowest BCUT2D eigenvalue weighted by Gasteiger charge is -2.56. The SMILES string of the molecule is CO[C@@]1(NC(=O)CSC)C(=O)N2C(C(=O)O)=C(C(C)Sc3nnn[nH]3)CS[C@H]21. The van der Waals surface area contributed by atoms with Gasteiger partial charge in [-0.2, -0.15) is 11.8 Å². The number of carboxylic acids is 1. The fraction of sp³-hybridized carbons (Fsp3) is 0.571. The minimum absolute atomic E-state index is 0.0898. The molecule has 1 aromatic heterocycles. The number of hydrogen-bond acceptors (Lipinski definition) is 10. The number of methoxy groups -OCH3 is 1. The van der Waals surface area contributed by atoms with Crippen LogP contribution in [0.5, 0.6) is 0 Å². The number of carboxylic acid groups (broad SMARTS) is 1. The van der Waals surface area contributed by atoms with Crippen LogP contribution in [0.4, 0.5) is 0 Å². The van der Waals surface area contributed by atoms with Gasteiger partial charge in [0.1, 0.15) is 11.1 Å². The number of β-lactam (4-membered cyclic amide) rings is 1. The number of carbonyl (C=O) groups is 3. The summed E-state index contributed by atoms with van der Waals surface area (Å²) in [5.41, 5.74) is -1.08. The van der Waals surface area contributed by atoms with Crippen molar-refractivity contribution in [2.24, 2.45) is 0 Å². The highest BCUT2D eigenvalue weighted by atomic mass is 32.2. The first kappa shape index (κ1) is 21.0.